The number of hydrogen-bond donors (Lipinski definition) is 0. The molecule has 260 valence electrons. The van der Waals surface area contributed by atoms with Gasteiger partial charge >= 0.3 is 0 Å². The molecule has 8 aliphatic rings. The van der Waals surface area contributed by atoms with E-state index in [1.54, 1.807) is 0 Å². The van der Waals surface area contributed by atoms with Crippen molar-refractivity contribution in [1.82, 2.24) is 9.80 Å². The predicted octanol–water partition coefficient (Wildman–Crippen LogP) is 9.16. The minimum absolute atomic E-state index is 0.0740. The summed E-state index contributed by atoms with van der Waals surface area (Å²) in [6, 6.07) is 22.5. The summed E-state index contributed by atoms with van der Waals surface area (Å²) in [7, 11) is 0. The Hall–Kier alpha value is -2.56. The number of benzene rings is 2. The second-order valence-electron chi connectivity index (χ2n) is 17.0. The van der Waals surface area contributed by atoms with Crippen LogP contribution in [0.5, 0.6) is 0 Å². The van der Waals surface area contributed by atoms with Crippen LogP contribution in [0.15, 0.2) is 60.7 Å². The fourth-order valence-electron chi connectivity index (χ4n) is 11.1. The molecular formula is C46H60N2O. The van der Waals surface area contributed by atoms with Gasteiger partial charge in [0.05, 0.1) is 24.0 Å². The predicted molar refractivity (Wildman–Crippen MR) is 201 cm³/mol. The number of rotatable bonds is 8. The smallest absolute Gasteiger partial charge is 0.0703 e. The van der Waals surface area contributed by atoms with E-state index >= 15 is 0 Å². The number of ether oxygens (including phenoxy) is 1. The van der Waals surface area contributed by atoms with Crippen molar-refractivity contribution in [2.24, 2.45) is 34.5 Å². The molecule has 6 aliphatic heterocycles. The summed E-state index contributed by atoms with van der Waals surface area (Å²) in [6.45, 7) is 8.58. The molecular weight excluding hydrogens is 597 g/mol. The first-order chi connectivity index (χ1) is 24.2. The van der Waals surface area contributed by atoms with E-state index in [2.05, 4.69) is 94.1 Å². The number of piperidine rings is 6. The lowest BCUT2D eigenvalue weighted by molar-refractivity contribution is -0.0883. The van der Waals surface area contributed by atoms with Gasteiger partial charge in [-0.2, -0.15) is 0 Å². The Morgan fingerprint density at radius 2 is 0.918 bits per heavy atom. The summed E-state index contributed by atoms with van der Waals surface area (Å²) in [5.74, 6) is 19.5. The summed E-state index contributed by atoms with van der Waals surface area (Å²) in [4.78, 5) is 5.38. The molecule has 3 heteroatoms. The standard InChI is InChI=1S/C46H60N2O/c1-5-13-37(14-6-1)43(38-15-7-2-8-16-38)21-27-45(33-47-29-23-41(45)24-30-47)35-49-36-46(34-48-31-25-42(46)26-32-48)28-22-44(39-17-9-3-10-18-39)40-19-11-4-12-20-40/h1,3,5-6,9-10,13-14,17-18,38,40-44H,2,4,7-8,11-12,15-16,19-20,23-26,29-36H2/t43?,44?,45-,46-/m0/s1. The van der Waals surface area contributed by atoms with Gasteiger partial charge in [-0.15, -0.1) is 0 Å². The minimum atomic E-state index is -0.0740. The molecule has 3 nitrogen and oxygen atoms in total. The zero-order chi connectivity index (χ0) is 32.9. The highest BCUT2D eigenvalue weighted by atomic mass is 16.5. The third-order valence-corrected chi connectivity index (χ3v) is 14.0. The maximum atomic E-state index is 7.13. The molecule has 2 saturated carbocycles. The van der Waals surface area contributed by atoms with Crippen LogP contribution in [0.3, 0.4) is 0 Å². The quantitative estimate of drug-likeness (QED) is 0.264. The molecule has 2 aromatic carbocycles. The zero-order valence-corrected chi connectivity index (χ0v) is 30.1. The number of hydrogen-bond acceptors (Lipinski definition) is 3. The van der Waals surface area contributed by atoms with Crippen LogP contribution in [0.2, 0.25) is 0 Å². The highest BCUT2D eigenvalue weighted by Crippen LogP contribution is 2.46. The lowest BCUT2D eigenvalue weighted by Gasteiger charge is -2.52. The van der Waals surface area contributed by atoms with E-state index in [4.69, 9.17) is 4.74 Å². The van der Waals surface area contributed by atoms with E-state index in [-0.39, 0.29) is 10.8 Å². The fraction of sp³-hybridized carbons (Fsp3) is 0.652. The topological polar surface area (TPSA) is 15.7 Å². The monoisotopic (exact) mass is 656 g/mol. The van der Waals surface area contributed by atoms with Gasteiger partial charge in [0, 0.05) is 24.9 Å². The molecule has 4 bridgehead atoms. The van der Waals surface area contributed by atoms with E-state index in [9.17, 15) is 0 Å². The first-order valence-electron chi connectivity index (χ1n) is 20.4. The van der Waals surface area contributed by atoms with Gasteiger partial charge in [0.2, 0.25) is 0 Å². The van der Waals surface area contributed by atoms with Crippen LogP contribution in [-0.4, -0.2) is 62.3 Å². The van der Waals surface area contributed by atoms with Crippen molar-refractivity contribution in [3.05, 3.63) is 71.8 Å². The van der Waals surface area contributed by atoms with Gasteiger partial charge < -0.3 is 14.5 Å². The maximum absolute atomic E-state index is 7.13. The second kappa shape index (κ2) is 15.4. The lowest BCUT2D eigenvalue weighted by atomic mass is 9.66. The molecule has 2 unspecified atom stereocenters. The van der Waals surface area contributed by atoms with E-state index in [1.807, 2.05) is 0 Å². The molecule has 2 aliphatic carbocycles. The van der Waals surface area contributed by atoms with Crippen molar-refractivity contribution < 1.29 is 4.74 Å². The maximum Gasteiger partial charge on any atom is 0.0703 e. The van der Waals surface area contributed by atoms with Gasteiger partial charge in [-0.05, 0) is 112 Å². The Morgan fingerprint density at radius 1 is 0.531 bits per heavy atom. The molecule has 49 heavy (non-hydrogen) atoms. The van der Waals surface area contributed by atoms with Crippen molar-refractivity contribution in [1.29, 1.82) is 0 Å². The van der Waals surface area contributed by atoms with Crippen LogP contribution in [0.25, 0.3) is 0 Å². The van der Waals surface area contributed by atoms with Crippen LogP contribution in [-0.2, 0) is 4.74 Å². The Kier molecular flexibility index (Phi) is 10.5. The molecule has 8 fully saturated rings. The Labute approximate surface area is 297 Å². The number of fused-ring (bicyclic) bond motifs is 6. The summed E-state index contributed by atoms with van der Waals surface area (Å²) in [5, 5.41) is 0. The average molecular weight is 657 g/mol. The van der Waals surface area contributed by atoms with Crippen molar-refractivity contribution in [3.8, 4) is 23.7 Å². The molecule has 0 aromatic heterocycles. The van der Waals surface area contributed by atoms with Crippen molar-refractivity contribution in [2.75, 3.05) is 52.5 Å². The molecule has 0 amide bonds. The van der Waals surface area contributed by atoms with Crippen LogP contribution >= 0.6 is 0 Å². The van der Waals surface area contributed by atoms with E-state index < -0.39 is 0 Å². The molecule has 0 N–H and O–H groups in total. The third-order valence-electron chi connectivity index (χ3n) is 14.0. The average Bonchev–Trinajstić information content (AvgIpc) is 3.18. The SMILES string of the molecule is C(#C[C@@]1(COC[C@]2(C#CC(c3ccccc3)C3CCCCC3)CN3CCC2CC3)CN2CCC1CC2)C(c1ccccc1)C1CCCCC1. The van der Waals surface area contributed by atoms with E-state index in [1.165, 1.54) is 127 Å². The van der Waals surface area contributed by atoms with Gasteiger partial charge in [-0.1, -0.05) is 123 Å². The van der Waals surface area contributed by atoms with Gasteiger partial charge in [0.15, 0.2) is 0 Å². The van der Waals surface area contributed by atoms with Gasteiger partial charge in [0.1, 0.15) is 0 Å². The van der Waals surface area contributed by atoms with Gasteiger partial charge in [-0.25, -0.2) is 0 Å². The Balaban J connectivity index is 1.07. The lowest BCUT2D eigenvalue weighted by Crippen LogP contribution is -2.58. The molecule has 6 heterocycles. The highest BCUT2D eigenvalue weighted by molar-refractivity contribution is 5.33. The normalized spacial score (nSPS) is 34.3. The summed E-state index contributed by atoms with van der Waals surface area (Å²) >= 11 is 0. The van der Waals surface area contributed by atoms with Gasteiger partial charge in [0.25, 0.3) is 0 Å². The largest absolute Gasteiger partial charge is 0.378 e. The first kappa shape index (κ1) is 33.6. The van der Waals surface area contributed by atoms with E-state index in [0.29, 0.717) is 35.5 Å². The Bertz CT molecular complexity index is 1360. The molecule has 4 atom stereocenters. The summed E-state index contributed by atoms with van der Waals surface area (Å²) in [5.41, 5.74) is 2.70. The van der Waals surface area contributed by atoms with Crippen LogP contribution in [0.1, 0.15) is 113 Å². The summed E-state index contributed by atoms with van der Waals surface area (Å²) < 4.78 is 7.13. The summed E-state index contributed by atoms with van der Waals surface area (Å²) in [6.07, 6.45) is 18.5. The molecule has 0 radical (unpaired) electrons. The fourth-order valence-corrected chi connectivity index (χ4v) is 11.1. The minimum Gasteiger partial charge on any atom is -0.378 e. The van der Waals surface area contributed by atoms with E-state index in [0.717, 1.165) is 26.3 Å². The van der Waals surface area contributed by atoms with Crippen molar-refractivity contribution >= 4 is 0 Å². The number of nitrogens with zero attached hydrogens (tertiary/aromatic N) is 2. The second-order valence-corrected chi connectivity index (χ2v) is 17.0. The molecule has 10 rings (SSSR count). The van der Waals surface area contributed by atoms with Gasteiger partial charge in [-0.3, -0.25) is 0 Å². The molecule has 2 aromatic rings. The van der Waals surface area contributed by atoms with Crippen molar-refractivity contribution in [3.63, 3.8) is 0 Å². The van der Waals surface area contributed by atoms with Crippen LogP contribution in [0.4, 0.5) is 0 Å². The zero-order valence-electron chi connectivity index (χ0n) is 30.1. The van der Waals surface area contributed by atoms with Crippen LogP contribution < -0.4 is 0 Å². The van der Waals surface area contributed by atoms with Crippen LogP contribution in [0, 0.1) is 58.2 Å². The van der Waals surface area contributed by atoms with Crippen molar-refractivity contribution in [2.45, 2.75) is 102 Å². The Morgan fingerprint density at radius 3 is 1.27 bits per heavy atom. The highest BCUT2D eigenvalue weighted by Gasteiger charge is 2.49. The molecule has 6 saturated heterocycles. The molecule has 0 spiro atoms. The third kappa shape index (κ3) is 7.43. The first-order valence-corrected chi connectivity index (χ1v) is 20.4.